The van der Waals surface area contributed by atoms with Crippen molar-refractivity contribution in [1.29, 1.82) is 0 Å². The third-order valence-corrected chi connectivity index (χ3v) is 21.0. The quantitative estimate of drug-likeness (QED) is 0.0187. The van der Waals surface area contributed by atoms with Crippen LogP contribution >= 0.6 is 11.8 Å². The number of carboxylic acids is 3. The van der Waals surface area contributed by atoms with Gasteiger partial charge in [-0.2, -0.15) is 0 Å². The minimum atomic E-state index is -1.44. The summed E-state index contributed by atoms with van der Waals surface area (Å²) in [6.45, 7) is 12.4. The highest BCUT2D eigenvalue weighted by Crippen LogP contribution is 2.23. The second-order valence-electron chi connectivity index (χ2n) is 31.2. The molecule has 2 aliphatic rings. The van der Waals surface area contributed by atoms with Crippen LogP contribution in [0.5, 0.6) is 0 Å². The number of aromatic nitrogens is 5. The Morgan fingerprint density at radius 3 is 1.56 bits per heavy atom. The zero-order valence-corrected chi connectivity index (χ0v) is 68.7. The molecule has 640 valence electrons. The number of nitrogens with zero attached hydrogens (tertiary/aromatic N) is 9. The van der Waals surface area contributed by atoms with E-state index in [1.54, 1.807) is 84.3 Å². The molecular weight excluding hydrogens is 1540 g/mol. The molecule has 3 aromatic heterocycles. The molecule has 2 aromatic carbocycles. The Bertz CT molecular complexity index is 4120. The number of aliphatic carboxylic acids is 3. The molecule has 0 bridgehead atoms. The standard InChI is InChI=1S/C78H115N21O17S/c1-48(2)31-61(77(116)99(47-117-9)50(4)70(79)109)91-75(114)62(35-55-38-81-46-85-55)93(8)65(102)39-83-76(115)69(78(5,6)7)92-71(110)49(3)86-72(111)59(33-52-36-82-57-18-14-13-17-56(52)57)89-74(113)60(34-54-37-80-45-84-54)90-73(112)58(32-51-15-11-10-12-16-51)88-64(101)41-94-21-19-53(20-22-94)87-63(100)40-95-23-25-96(42-66(103)104)27-29-98(44-68(107)108)30-28-97(26-24-95)43-67(105)106/h10-18,36-38,45-46,48-50,53,58-62,69,82H,19-35,39-44,47H2,1-9H3,(H2,79,109)(H,80,84)(H,81,85)(H,83,115)(H,86,111)(H,87,100)(H,88,101)(H,89,113)(H,90,112)(H,91,114)(H,92,110)(H,103,104)(H,105,106)(H,107,108)/t49-,50-,58+,59-,60-,61-,62-,69+/m0/s1. The number of imidazole rings is 2. The number of benzene rings is 2. The van der Waals surface area contributed by atoms with Gasteiger partial charge in [-0.25, -0.2) is 9.97 Å². The number of aromatic amines is 3. The number of thioether (sulfide) groups is 1. The maximum Gasteiger partial charge on any atom is 0.317 e. The van der Waals surface area contributed by atoms with Crippen molar-refractivity contribution in [2.45, 2.75) is 148 Å². The molecule has 8 atom stereocenters. The summed E-state index contributed by atoms with van der Waals surface area (Å²) in [4.78, 5) is 220. The van der Waals surface area contributed by atoms with Crippen LogP contribution in [0, 0.1) is 11.3 Å². The van der Waals surface area contributed by atoms with Crippen LogP contribution in [-0.2, 0) is 92.8 Å². The number of likely N-dealkylation sites (tertiary alicyclic amines) is 1. The van der Waals surface area contributed by atoms with Crippen LogP contribution in [-0.4, -0.2) is 336 Å². The fraction of sp³-hybridized carbons (Fsp3) is 0.564. The molecule has 11 amide bonds. The number of nitrogens with two attached hydrogens (primary N) is 1. The number of nitrogens with one attached hydrogen (secondary N) is 11. The van der Waals surface area contributed by atoms with E-state index in [1.165, 1.54) is 62.6 Å². The Morgan fingerprint density at radius 1 is 0.556 bits per heavy atom. The van der Waals surface area contributed by atoms with E-state index in [0.29, 0.717) is 48.4 Å². The predicted molar refractivity (Wildman–Crippen MR) is 433 cm³/mol. The van der Waals surface area contributed by atoms with Crippen molar-refractivity contribution in [2.75, 3.05) is 124 Å². The Hall–Kier alpha value is -10.9. The summed E-state index contributed by atoms with van der Waals surface area (Å²) in [6.07, 6.45) is 9.76. The topological polar surface area (TPSA) is 518 Å². The van der Waals surface area contributed by atoms with Crippen molar-refractivity contribution >= 4 is 106 Å². The van der Waals surface area contributed by atoms with Crippen LogP contribution in [0.15, 0.2) is 85.8 Å². The van der Waals surface area contributed by atoms with Crippen molar-refractivity contribution in [1.82, 2.24) is 102 Å². The lowest BCUT2D eigenvalue weighted by Crippen LogP contribution is -2.61. The molecule has 2 fully saturated rings. The number of H-pyrrole nitrogens is 3. The summed E-state index contributed by atoms with van der Waals surface area (Å²) >= 11 is 1.28. The fourth-order valence-electron chi connectivity index (χ4n) is 13.8. The lowest BCUT2D eigenvalue weighted by molar-refractivity contribution is -0.143. The SMILES string of the molecule is CSCN(C(=O)[C@H](CC(C)C)NC(=O)[C@H](Cc1cnc[nH]1)N(C)C(=O)CNC(=O)[C@@H](NC(=O)[C@H](C)NC(=O)[C@H](Cc1c[nH]c2ccccc12)NC(=O)[C@H](Cc1cnc[nH]1)NC(=O)[C@@H](Cc1ccccc1)NC(=O)CN1CCC(NC(=O)CN2CCN(CC(=O)O)CCN(CC(=O)O)CCN(CC(=O)O)CC2)CC1)C(C)(C)C)[C@@H](C)C(N)=O. The molecule has 2 saturated heterocycles. The molecule has 0 spiro atoms. The van der Waals surface area contributed by atoms with Gasteiger partial charge in [-0.1, -0.05) is 83.1 Å². The Balaban J connectivity index is 1.01. The van der Waals surface area contributed by atoms with Gasteiger partial charge < -0.3 is 88.3 Å². The number of carboxylic acid groups (broad SMARTS) is 3. The zero-order valence-electron chi connectivity index (χ0n) is 67.9. The summed E-state index contributed by atoms with van der Waals surface area (Å²) in [5, 5.41) is 52.1. The summed E-state index contributed by atoms with van der Waals surface area (Å²) < 4.78 is 0. The number of piperidine rings is 1. The molecule has 7 rings (SSSR count). The average molecular weight is 1650 g/mol. The molecule has 2 aliphatic heterocycles. The Kier molecular flexibility index (Phi) is 36.4. The molecule has 39 heteroatoms. The number of carbonyl (C=O) groups is 14. The van der Waals surface area contributed by atoms with Crippen molar-refractivity contribution < 1.29 is 82.4 Å². The summed E-state index contributed by atoms with van der Waals surface area (Å²) in [6, 6.07) is 5.59. The first-order valence-electron chi connectivity index (χ1n) is 39.1. The van der Waals surface area contributed by atoms with Gasteiger partial charge in [-0.05, 0) is 67.9 Å². The van der Waals surface area contributed by atoms with Crippen molar-refractivity contribution in [2.24, 2.45) is 17.1 Å². The number of hydrogen-bond donors (Lipinski definition) is 15. The molecule has 0 radical (unpaired) electrons. The maximum absolute atomic E-state index is 15.1. The molecule has 0 aliphatic carbocycles. The number of hydrogen-bond acceptors (Lipinski definition) is 22. The van der Waals surface area contributed by atoms with Gasteiger partial charge in [0.1, 0.15) is 48.3 Å². The molecule has 117 heavy (non-hydrogen) atoms. The van der Waals surface area contributed by atoms with E-state index in [1.807, 2.05) is 41.8 Å². The molecule has 16 N–H and O–H groups in total. The van der Waals surface area contributed by atoms with Gasteiger partial charge in [0, 0.05) is 145 Å². The first-order valence-corrected chi connectivity index (χ1v) is 40.5. The molecule has 5 heterocycles. The van der Waals surface area contributed by atoms with Gasteiger partial charge in [0.15, 0.2) is 0 Å². The average Bonchev–Trinajstić information content (AvgIpc) is 1.78. The second-order valence-corrected chi connectivity index (χ2v) is 32.1. The molecule has 0 unspecified atom stereocenters. The number of carbonyl (C=O) groups excluding carboxylic acids is 11. The first kappa shape index (κ1) is 93.3. The Morgan fingerprint density at radius 2 is 1.04 bits per heavy atom. The van der Waals surface area contributed by atoms with Crippen molar-refractivity contribution in [3.8, 4) is 0 Å². The van der Waals surface area contributed by atoms with Crippen molar-refractivity contribution in [3.05, 3.63) is 108 Å². The highest BCUT2D eigenvalue weighted by atomic mass is 32.2. The van der Waals surface area contributed by atoms with E-state index >= 15 is 4.79 Å². The molecule has 0 saturated carbocycles. The first-order chi connectivity index (χ1) is 55.5. The van der Waals surface area contributed by atoms with E-state index in [4.69, 9.17) is 5.73 Å². The smallest absolute Gasteiger partial charge is 0.317 e. The van der Waals surface area contributed by atoms with Crippen LogP contribution in [0.2, 0.25) is 0 Å². The third kappa shape index (κ3) is 30.6. The van der Waals surface area contributed by atoms with Gasteiger partial charge in [-0.15, -0.1) is 11.8 Å². The number of rotatable bonds is 41. The monoisotopic (exact) mass is 1650 g/mol. The van der Waals surface area contributed by atoms with E-state index in [-0.39, 0.29) is 141 Å². The van der Waals surface area contributed by atoms with Gasteiger partial charge in [0.25, 0.3) is 0 Å². The van der Waals surface area contributed by atoms with Crippen LogP contribution in [0.3, 0.4) is 0 Å². The maximum atomic E-state index is 15.1. The van der Waals surface area contributed by atoms with Gasteiger partial charge >= 0.3 is 17.9 Å². The number of likely N-dealkylation sites (N-methyl/N-ethyl adjacent to an activating group) is 1. The second kappa shape index (κ2) is 45.6. The molecular formula is C78H115N21O17S. The zero-order chi connectivity index (χ0) is 85.6. The van der Waals surface area contributed by atoms with E-state index in [2.05, 4.69) is 67.5 Å². The number of fused-ring (bicyclic) bond motifs is 1. The summed E-state index contributed by atoms with van der Waals surface area (Å²) in [5.41, 5.74) is 7.45. The third-order valence-electron chi connectivity index (χ3n) is 20.4. The predicted octanol–water partition coefficient (Wildman–Crippen LogP) is -2.07. The van der Waals surface area contributed by atoms with Gasteiger partial charge in [0.2, 0.25) is 65.0 Å². The fourth-order valence-corrected chi connectivity index (χ4v) is 14.4. The lowest BCUT2D eigenvalue weighted by atomic mass is 9.86. The minimum absolute atomic E-state index is 0.0138. The van der Waals surface area contributed by atoms with Crippen LogP contribution in [0.1, 0.15) is 90.2 Å². The van der Waals surface area contributed by atoms with Crippen LogP contribution in [0.4, 0.5) is 0 Å². The van der Waals surface area contributed by atoms with Crippen LogP contribution < -0.4 is 48.3 Å². The van der Waals surface area contributed by atoms with E-state index in [9.17, 15) is 77.6 Å². The van der Waals surface area contributed by atoms with Gasteiger partial charge in [0.05, 0.1) is 57.8 Å². The largest absolute Gasteiger partial charge is 0.480 e. The van der Waals surface area contributed by atoms with Gasteiger partial charge in [-0.3, -0.25) is 91.6 Å². The highest BCUT2D eigenvalue weighted by Gasteiger charge is 2.40. The number of primary amides is 1. The minimum Gasteiger partial charge on any atom is -0.480 e. The summed E-state index contributed by atoms with van der Waals surface area (Å²) in [7, 11) is 1.36. The summed E-state index contributed by atoms with van der Waals surface area (Å²) in [5.74, 6) is -10.9. The highest BCUT2D eigenvalue weighted by molar-refractivity contribution is 7.98. The Labute approximate surface area is 683 Å². The van der Waals surface area contributed by atoms with Crippen LogP contribution in [0.25, 0.3) is 10.9 Å². The molecule has 5 aromatic rings. The molecule has 38 nitrogen and oxygen atoms in total. The normalized spacial score (nSPS) is 16.7. The van der Waals surface area contributed by atoms with E-state index in [0.717, 1.165) is 15.8 Å². The van der Waals surface area contributed by atoms with E-state index < -0.39 is 137 Å². The number of para-hydroxylation sites is 1. The lowest BCUT2D eigenvalue weighted by Gasteiger charge is -2.34. The van der Waals surface area contributed by atoms with Crippen molar-refractivity contribution in [3.63, 3.8) is 0 Å². The number of amides is 11.